The number of rotatable bonds is 5. The molecule has 8 nitrogen and oxygen atoms in total. The van der Waals surface area contributed by atoms with Gasteiger partial charge in [0, 0.05) is 29.8 Å². The van der Waals surface area contributed by atoms with Crippen molar-refractivity contribution < 1.29 is 19.7 Å². The predicted octanol–water partition coefficient (Wildman–Crippen LogP) is 2.42. The summed E-state index contributed by atoms with van der Waals surface area (Å²) in [5.41, 5.74) is -0.00878. The Morgan fingerprint density at radius 3 is 1.68 bits per heavy atom. The standard InChI is InChI=1S/C14H10N2O6/c17-13(9-1-5-11(6-2-9)15(19)20)14(18)10-3-7-12(8-4-10)16(21)22/h1-8,13,17H. The summed E-state index contributed by atoms with van der Waals surface area (Å²) in [6.07, 6.45) is -1.50. The zero-order valence-corrected chi connectivity index (χ0v) is 11.1. The van der Waals surface area contributed by atoms with Crippen LogP contribution in [0.1, 0.15) is 22.0 Å². The second-order valence-electron chi connectivity index (χ2n) is 4.42. The molecular formula is C14H10N2O6. The minimum atomic E-state index is -1.50. The highest BCUT2D eigenvalue weighted by Gasteiger charge is 2.20. The highest BCUT2D eigenvalue weighted by molar-refractivity contribution is 6.00. The van der Waals surface area contributed by atoms with E-state index in [0.717, 1.165) is 12.1 Å². The van der Waals surface area contributed by atoms with Crippen LogP contribution in [0.3, 0.4) is 0 Å². The fourth-order valence-electron chi connectivity index (χ4n) is 1.83. The lowest BCUT2D eigenvalue weighted by Gasteiger charge is -2.09. The van der Waals surface area contributed by atoms with E-state index in [1.807, 2.05) is 0 Å². The van der Waals surface area contributed by atoms with Crippen LogP contribution in [-0.4, -0.2) is 20.7 Å². The molecule has 2 rings (SSSR count). The lowest BCUT2D eigenvalue weighted by Crippen LogP contribution is -2.12. The van der Waals surface area contributed by atoms with Crippen molar-refractivity contribution in [3.8, 4) is 0 Å². The fourth-order valence-corrected chi connectivity index (χ4v) is 1.83. The molecule has 8 heteroatoms. The number of nitrogens with zero attached hydrogens (tertiary/aromatic N) is 2. The quantitative estimate of drug-likeness (QED) is 0.514. The maximum absolute atomic E-state index is 12.1. The molecule has 0 fully saturated rings. The molecule has 0 bridgehead atoms. The first-order chi connectivity index (χ1) is 10.4. The van der Waals surface area contributed by atoms with Crippen molar-refractivity contribution in [3.63, 3.8) is 0 Å². The van der Waals surface area contributed by atoms with Crippen LogP contribution in [0.2, 0.25) is 0 Å². The van der Waals surface area contributed by atoms with E-state index >= 15 is 0 Å². The summed E-state index contributed by atoms with van der Waals surface area (Å²) in [4.78, 5) is 32.0. The van der Waals surface area contributed by atoms with Crippen LogP contribution in [0.25, 0.3) is 0 Å². The molecule has 0 radical (unpaired) electrons. The highest BCUT2D eigenvalue weighted by atomic mass is 16.6. The van der Waals surface area contributed by atoms with Gasteiger partial charge in [-0.1, -0.05) is 0 Å². The largest absolute Gasteiger partial charge is 0.380 e. The molecule has 0 aliphatic rings. The number of non-ortho nitro benzene ring substituents is 2. The highest BCUT2D eigenvalue weighted by Crippen LogP contribution is 2.22. The topological polar surface area (TPSA) is 124 Å². The molecule has 1 atom stereocenters. The molecular weight excluding hydrogens is 292 g/mol. The average molecular weight is 302 g/mol. The van der Waals surface area contributed by atoms with Gasteiger partial charge in [-0.3, -0.25) is 25.0 Å². The number of benzene rings is 2. The van der Waals surface area contributed by atoms with Crippen molar-refractivity contribution >= 4 is 17.2 Å². The Morgan fingerprint density at radius 2 is 1.27 bits per heavy atom. The number of nitro benzene ring substituents is 2. The van der Waals surface area contributed by atoms with E-state index in [2.05, 4.69) is 0 Å². The molecule has 0 saturated carbocycles. The molecule has 2 aromatic carbocycles. The Labute approximate surface area is 123 Å². The van der Waals surface area contributed by atoms with E-state index in [1.54, 1.807) is 0 Å². The van der Waals surface area contributed by atoms with Crippen LogP contribution in [0.4, 0.5) is 11.4 Å². The van der Waals surface area contributed by atoms with E-state index in [0.29, 0.717) is 0 Å². The van der Waals surface area contributed by atoms with Crippen molar-refractivity contribution in [2.75, 3.05) is 0 Å². The Bertz CT molecular complexity index is 724. The summed E-state index contributed by atoms with van der Waals surface area (Å²) in [6.45, 7) is 0. The van der Waals surface area contributed by atoms with Crippen molar-refractivity contribution in [1.82, 2.24) is 0 Å². The third-order valence-corrected chi connectivity index (χ3v) is 3.03. The molecule has 0 saturated heterocycles. The average Bonchev–Trinajstić information content (AvgIpc) is 2.53. The molecule has 0 heterocycles. The van der Waals surface area contributed by atoms with Gasteiger partial charge >= 0.3 is 0 Å². The summed E-state index contributed by atoms with van der Waals surface area (Å²) in [5.74, 6) is -0.649. The molecule has 0 aliphatic carbocycles. The molecule has 1 N–H and O–H groups in total. The molecule has 0 aliphatic heterocycles. The van der Waals surface area contributed by atoms with Crippen LogP contribution in [0.15, 0.2) is 48.5 Å². The first-order valence-electron chi connectivity index (χ1n) is 6.11. The van der Waals surface area contributed by atoms with E-state index in [4.69, 9.17) is 0 Å². The fraction of sp³-hybridized carbons (Fsp3) is 0.0714. The molecule has 112 valence electrons. The molecule has 22 heavy (non-hydrogen) atoms. The Morgan fingerprint density at radius 1 is 0.864 bits per heavy atom. The summed E-state index contributed by atoms with van der Waals surface area (Å²) in [7, 11) is 0. The predicted molar refractivity (Wildman–Crippen MR) is 75.5 cm³/mol. The Kier molecular flexibility index (Phi) is 4.23. The van der Waals surface area contributed by atoms with E-state index < -0.39 is 21.7 Å². The Hall–Kier alpha value is -3.13. The molecule has 1 unspecified atom stereocenters. The van der Waals surface area contributed by atoms with Crippen molar-refractivity contribution in [2.24, 2.45) is 0 Å². The zero-order valence-electron chi connectivity index (χ0n) is 11.1. The van der Waals surface area contributed by atoms with Gasteiger partial charge in [-0.15, -0.1) is 0 Å². The van der Waals surface area contributed by atoms with Gasteiger partial charge in [-0.05, 0) is 29.8 Å². The van der Waals surface area contributed by atoms with Crippen molar-refractivity contribution in [2.45, 2.75) is 6.10 Å². The maximum atomic E-state index is 12.1. The summed E-state index contributed by atoms with van der Waals surface area (Å²) in [6, 6.07) is 9.75. The summed E-state index contributed by atoms with van der Waals surface area (Å²) in [5, 5.41) is 31.1. The first kappa shape index (κ1) is 15.3. The van der Waals surface area contributed by atoms with Crippen LogP contribution < -0.4 is 0 Å². The third kappa shape index (κ3) is 3.13. The first-order valence-corrected chi connectivity index (χ1v) is 6.11. The number of carbonyl (C=O) groups excluding carboxylic acids is 1. The van der Waals surface area contributed by atoms with Gasteiger partial charge in [0.1, 0.15) is 6.10 Å². The monoisotopic (exact) mass is 302 g/mol. The van der Waals surface area contributed by atoms with Crippen LogP contribution in [0, 0.1) is 20.2 Å². The molecule has 0 amide bonds. The SMILES string of the molecule is O=C(c1ccc([N+](=O)[O-])cc1)C(O)c1ccc([N+](=O)[O-])cc1. The lowest BCUT2D eigenvalue weighted by molar-refractivity contribution is -0.385. The Balaban J connectivity index is 2.20. The minimum absolute atomic E-state index is 0.108. The molecule has 0 aromatic heterocycles. The minimum Gasteiger partial charge on any atom is -0.380 e. The zero-order chi connectivity index (χ0) is 16.3. The second-order valence-corrected chi connectivity index (χ2v) is 4.42. The number of carbonyl (C=O) groups is 1. The van der Waals surface area contributed by atoms with E-state index in [1.165, 1.54) is 36.4 Å². The van der Waals surface area contributed by atoms with Crippen LogP contribution >= 0.6 is 0 Å². The van der Waals surface area contributed by atoms with E-state index in [9.17, 15) is 30.1 Å². The number of hydrogen-bond donors (Lipinski definition) is 1. The molecule has 2 aromatic rings. The van der Waals surface area contributed by atoms with Gasteiger partial charge < -0.3 is 5.11 Å². The number of aliphatic hydroxyl groups excluding tert-OH is 1. The third-order valence-electron chi connectivity index (χ3n) is 3.03. The summed E-state index contributed by atoms with van der Waals surface area (Å²) >= 11 is 0. The van der Waals surface area contributed by atoms with Crippen molar-refractivity contribution in [1.29, 1.82) is 0 Å². The maximum Gasteiger partial charge on any atom is 0.269 e. The number of aliphatic hydroxyl groups is 1. The van der Waals surface area contributed by atoms with Gasteiger partial charge in [-0.25, -0.2) is 0 Å². The van der Waals surface area contributed by atoms with Gasteiger partial charge in [0.25, 0.3) is 11.4 Å². The van der Waals surface area contributed by atoms with Crippen molar-refractivity contribution in [3.05, 3.63) is 79.9 Å². The number of nitro groups is 2. The smallest absolute Gasteiger partial charge is 0.269 e. The number of hydrogen-bond acceptors (Lipinski definition) is 6. The second kappa shape index (κ2) is 6.10. The van der Waals surface area contributed by atoms with Gasteiger partial charge in [0.15, 0.2) is 5.78 Å². The van der Waals surface area contributed by atoms with Gasteiger partial charge in [0.2, 0.25) is 0 Å². The van der Waals surface area contributed by atoms with Gasteiger partial charge in [0.05, 0.1) is 9.85 Å². The normalized spacial score (nSPS) is 11.7. The lowest BCUT2D eigenvalue weighted by atomic mass is 9.99. The van der Waals surface area contributed by atoms with Crippen LogP contribution in [-0.2, 0) is 0 Å². The summed E-state index contributed by atoms with van der Waals surface area (Å²) < 4.78 is 0. The molecule has 0 spiro atoms. The van der Waals surface area contributed by atoms with Crippen LogP contribution in [0.5, 0.6) is 0 Å². The number of Topliss-reactive ketones (excluding diaryl/α,β-unsaturated/α-hetero) is 1. The number of ketones is 1. The van der Waals surface area contributed by atoms with Gasteiger partial charge in [-0.2, -0.15) is 0 Å². The van der Waals surface area contributed by atoms with E-state index in [-0.39, 0.29) is 22.5 Å².